The van der Waals surface area contributed by atoms with Crippen molar-refractivity contribution in [3.63, 3.8) is 0 Å². The number of hydrogen-bond acceptors (Lipinski definition) is 5. The molecule has 0 aliphatic carbocycles. The first-order valence-corrected chi connectivity index (χ1v) is 7.44. The van der Waals surface area contributed by atoms with Crippen LogP contribution in [0.2, 0.25) is 0 Å². The molecule has 0 unspecified atom stereocenters. The summed E-state index contributed by atoms with van der Waals surface area (Å²) in [5.41, 5.74) is 2.59. The number of nitrogen functional groups attached to an aromatic ring is 1. The Morgan fingerprint density at radius 1 is 1.00 bits per heavy atom. The van der Waals surface area contributed by atoms with E-state index in [0.29, 0.717) is 5.82 Å². The topological polar surface area (TPSA) is 75.9 Å². The number of rotatable bonds is 6. The molecule has 5 nitrogen and oxygen atoms in total. The molecule has 0 aliphatic rings. The van der Waals surface area contributed by atoms with Crippen LogP contribution in [0, 0.1) is 0 Å². The van der Waals surface area contributed by atoms with E-state index in [1.54, 1.807) is 0 Å². The highest BCUT2D eigenvalue weighted by Gasteiger charge is 2.25. The standard InChI is InChI=1S/C15H29N5/c1-7-15(8-2,9-3)19-11-10-12(20-16)18-13(17-11)14(4,5)6/h10H,7-9,16H2,1-6H3,(H2,17,18,19,20). The molecule has 0 radical (unpaired) electrons. The van der Waals surface area contributed by atoms with Crippen LogP contribution in [0.4, 0.5) is 11.6 Å². The molecule has 0 saturated heterocycles. The summed E-state index contributed by atoms with van der Waals surface area (Å²) in [6.45, 7) is 12.9. The first kappa shape index (κ1) is 16.7. The normalized spacial score (nSPS) is 12.3. The summed E-state index contributed by atoms with van der Waals surface area (Å²) in [5, 5.41) is 3.58. The second kappa shape index (κ2) is 6.39. The Balaban J connectivity index is 3.18. The summed E-state index contributed by atoms with van der Waals surface area (Å²) in [4.78, 5) is 9.11. The highest BCUT2D eigenvalue weighted by Crippen LogP contribution is 2.27. The minimum Gasteiger partial charge on any atom is -0.364 e. The van der Waals surface area contributed by atoms with Crippen molar-refractivity contribution in [3.05, 3.63) is 11.9 Å². The second-order valence-corrected chi connectivity index (χ2v) is 6.32. The summed E-state index contributed by atoms with van der Waals surface area (Å²) >= 11 is 0. The molecule has 1 heterocycles. The maximum Gasteiger partial charge on any atom is 0.145 e. The zero-order valence-electron chi connectivity index (χ0n) is 13.7. The van der Waals surface area contributed by atoms with E-state index in [1.807, 2.05) is 6.07 Å². The van der Waals surface area contributed by atoms with Crippen LogP contribution in [-0.2, 0) is 5.41 Å². The third kappa shape index (κ3) is 3.82. The van der Waals surface area contributed by atoms with E-state index in [-0.39, 0.29) is 11.0 Å². The minimum absolute atomic E-state index is 0.0787. The van der Waals surface area contributed by atoms with Gasteiger partial charge in [-0.15, -0.1) is 0 Å². The molecule has 0 saturated carbocycles. The van der Waals surface area contributed by atoms with E-state index in [2.05, 4.69) is 62.3 Å². The van der Waals surface area contributed by atoms with Gasteiger partial charge in [0.1, 0.15) is 17.5 Å². The molecule has 1 aromatic heterocycles. The number of aromatic nitrogens is 2. The third-order valence-electron chi connectivity index (χ3n) is 3.97. The van der Waals surface area contributed by atoms with Gasteiger partial charge in [-0.3, -0.25) is 0 Å². The van der Waals surface area contributed by atoms with E-state index in [9.17, 15) is 0 Å². The molecule has 0 amide bonds. The van der Waals surface area contributed by atoms with Gasteiger partial charge in [-0.25, -0.2) is 15.8 Å². The summed E-state index contributed by atoms with van der Waals surface area (Å²) in [6, 6.07) is 1.87. The number of nitrogens with two attached hydrogens (primary N) is 1. The Hall–Kier alpha value is -1.36. The van der Waals surface area contributed by atoms with Gasteiger partial charge in [-0.2, -0.15) is 0 Å². The lowest BCUT2D eigenvalue weighted by Crippen LogP contribution is -2.37. The Morgan fingerprint density at radius 2 is 1.50 bits per heavy atom. The predicted molar refractivity (Wildman–Crippen MR) is 85.8 cm³/mol. The van der Waals surface area contributed by atoms with Gasteiger partial charge in [-0.05, 0) is 19.3 Å². The molecule has 0 aromatic carbocycles. The van der Waals surface area contributed by atoms with E-state index in [4.69, 9.17) is 5.84 Å². The van der Waals surface area contributed by atoms with Gasteiger partial charge in [0.15, 0.2) is 0 Å². The van der Waals surface area contributed by atoms with Gasteiger partial charge in [0, 0.05) is 17.0 Å². The monoisotopic (exact) mass is 279 g/mol. The summed E-state index contributed by atoms with van der Waals surface area (Å²) < 4.78 is 0. The van der Waals surface area contributed by atoms with Gasteiger partial charge >= 0.3 is 0 Å². The van der Waals surface area contributed by atoms with Crippen molar-refractivity contribution in [2.75, 3.05) is 10.7 Å². The average molecular weight is 279 g/mol. The number of hydrogen-bond donors (Lipinski definition) is 3. The molecule has 20 heavy (non-hydrogen) atoms. The fourth-order valence-electron chi connectivity index (χ4n) is 2.21. The number of hydrazine groups is 1. The second-order valence-electron chi connectivity index (χ2n) is 6.32. The van der Waals surface area contributed by atoms with Crippen LogP contribution in [0.1, 0.15) is 66.6 Å². The van der Waals surface area contributed by atoms with E-state index in [0.717, 1.165) is 30.9 Å². The molecule has 1 aromatic rings. The molecule has 4 N–H and O–H groups in total. The average Bonchev–Trinajstić information content (AvgIpc) is 2.43. The molecule has 0 aliphatic heterocycles. The predicted octanol–water partition coefficient (Wildman–Crippen LogP) is 3.44. The highest BCUT2D eigenvalue weighted by molar-refractivity contribution is 5.49. The van der Waals surface area contributed by atoms with Crippen LogP contribution < -0.4 is 16.6 Å². The number of nitrogens with zero attached hydrogens (tertiary/aromatic N) is 2. The molecule has 1 rings (SSSR count). The largest absolute Gasteiger partial charge is 0.364 e. The fourth-order valence-corrected chi connectivity index (χ4v) is 2.21. The van der Waals surface area contributed by atoms with Crippen LogP contribution in [0.5, 0.6) is 0 Å². The fraction of sp³-hybridized carbons (Fsp3) is 0.733. The molecule has 5 heteroatoms. The molecular weight excluding hydrogens is 250 g/mol. The van der Waals surface area contributed by atoms with Gasteiger partial charge < -0.3 is 10.7 Å². The van der Waals surface area contributed by atoms with Crippen LogP contribution in [0.3, 0.4) is 0 Å². The summed E-state index contributed by atoms with van der Waals surface area (Å²) in [7, 11) is 0. The molecule has 0 atom stereocenters. The smallest absolute Gasteiger partial charge is 0.145 e. The lowest BCUT2D eigenvalue weighted by molar-refractivity contribution is 0.418. The van der Waals surface area contributed by atoms with Crippen LogP contribution >= 0.6 is 0 Å². The SMILES string of the molecule is CCC(CC)(CC)Nc1cc(NN)nc(C(C)(C)C)n1. The molecule has 0 bridgehead atoms. The van der Waals surface area contributed by atoms with Crippen molar-refractivity contribution >= 4 is 11.6 Å². The van der Waals surface area contributed by atoms with Crippen molar-refractivity contribution in [3.8, 4) is 0 Å². The molecule has 0 spiro atoms. The maximum absolute atomic E-state index is 5.52. The van der Waals surface area contributed by atoms with E-state index in [1.165, 1.54) is 0 Å². The first-order valence-electron chi connectivity index (χ1n) is 7.44. The van der Waals surface area contributed by atoms with Crippen molar-refractivity contribution in [1.29, 1.82) is 0 Å². The zero-order valence-corrected chi connectivity index (χ0v) is 13.7. The third-order valence-corrected chi connectivity index (χ3v) is 3.97. The highest BCUT2D eigenvalue weighted by atomic mass is 15.3. The van der Waals surface area contributed by atoms with Crippen molar-refractivity contribution in [2.45, 2.75) is 71.8 Å². The first-order chi connectivity index (χ1) is 9.30. The van der Waals surface area contributed by atoms with Gasteiger partial charge in [0.05, 0.1) is 0 Å². The van der Waals surface area contributed by atoms with Gasteiger partial charge in [0.25, 0.3) is 0 Å². The van der Waals surface area contributed by atoms with E-state index < -0.39 is 0 Å². The lowest BCUT2D eigenvalue weighted by Gasteiger charge is -2.33. The Kier molecular flexibility index (Phi) is 5.34. The lowest BCUT2D eigenvalue weighted by atomic mass is 9.90. The van der Waals surface area contributed by atoms with Crippen molar-refractivity contribution in [1.82, 2.24) is 9.97 Å². The molecule has 114 valence electrons. The molecule has 0 fully saturated rings. The molecular formula is C15H29N5. The Bertz CT molecular complexity index is 424. The van der Waals surface area contributed by atoms with Crippen molar-refractivity contribution < 1.29 is 0 Å². The summed E-state index contributed by atoms with van der Waals surface area (Å²) in [6.07, 6.45) is 3.17. The summed E-state index contributed by atoms with van der Waals surface area (Å²) in [5.74, 6) is 7.79. The number of anilines is 2. The Morgan fingerprint density at radius 3 is 1.90 bits per heavy atom. The quantitative estimate of drug-likeness (QED) is 0.549. The maximum atomic E-state index is 5.52. The van der Waals surface area contributed by atoms with Gasteiger partial charge in [-0.1, -0.05) is 41.5 Å². The number of nitrogens with one attached hydrogen (secondary N) is 2. The van der Waals surface area contributed by atoms with Crippen LogP contribution in [0.15, 0.2) is 6.07 Å². The van der Waals surface area contributed by atoms with E-state index >= 15 is 0 Å². The Labute approximate surface area is 122 Å². The van der Waals surface area contributed by atoms with Crippen LogP contribution in [-0.4, -0.2) is 15.5 Å². The van der Waals surface area contributed by atoms with Crippen LogP contribution in [0.25, 0.3) is 0 Å². The van der Waals surface area contributed by atoms with Crippen molar-refractivity contribution in [2.24, 2.45) is 5.84 Å². The zero-order chi connectivity index (χ0) is 15.4. The minimum atomic E-state index is -0.114. The van der Waals surface area contributed by atoms with Gasteiger partial charge in [0.2, 0.25) is 0 Å².